The first-order valence-electron chi connectivity index (χ1n) is 10.1. The highest BCUT2D eigenvalue weighted by atomic mass is 32.1. The van der Waals surface area contributed by atoms with Gasteiger partial charge in [-0.05, 0) is 37.9 Å². The Morgan fingerprint density at radius 1 is 1.22 bits per heavy atom. The predicted octanol–water partition coefficient (Wildman–Crippen LogP) is -0.807. The molecule has 2 amide bonds. The summed E-state index contributed by atoms with van der Waals surface area (Å²) in [4.78, 5) is 28.9. The Bertz CT molecular complexity index is 594. The van der Waals surface area contributed by atoms with E-state index in [9.17, 15) is 9.59 Å². The number of rotatable bonds is 5. The molecular weight excluding hydrogens is 366 g/mol. The van der Waals surface area contributed by atoms with Crippen LogP contribution in [-0.4, -0.2) is 90.3 Å². The minimum atomic E-state index is -0.122. The molecule has 4 aliphatic rings. The highest BCUT2D eigenvalue weighted by Crippen LogP contribution is 2.26. The molecule has 8 nitrogen and oxygen atoms in total. The van der Waals surface area contributed by atoms with E-state index >= 15 is 0 Å². The van der Waals surface area contributed by atoms with E-state index in [1.807, 2.05) is 4.90 Å². The summed E-state index contributed by atoms with van der Waals surface area (Å²) < 4.78 is 5.31. The first-order valence-corrected chi connectivity index (χ1v) is 10.5. The fraction of sp³-hybridized carbons (Fsp3) is 0.833. The number of carbonyl (C=O) groups excluding carboxylic acids is 2. The van der Waals surface area contributed by atoms with E-state index in [2.05, 4.69) is 20.9 Å². The molecule has 0 radical (unpaired) electrons. The van der Waals surface area contributed by atoms with E-state index in [0.717, 1.165) is 19.4 Å². The Kier molecular flexibility index (Phi) is 5.79. The third-order valence-electron chi connectivity index (χ3n) is 5.93. The van der Waals surface area contributed by atoms with Gasteiger partial charge in [0.15, 0.2) is 5.11 Å². The van der Waals surface area contributed by atoms with Crippen molar-refractivity contribution in [2.45, 2.75) is 56.3 Å². The highest BCUT2D eigenvalue weighted by Gasteiger charge is 2.43. The summed E-state index contributed by atoms with van der Waals surface area (Å²) in [6.07, 6.45) is 4.41. The molecule has 0 spiro atoms. The van der Waals surface area contributed by atoms with E-state index in [-0.39, 0.29) is 29.9 Å². The molecule has 0 aromatic rings. The fourth-order valence-electron chi connectivity index (χ4n) is 4.25. The third kappa shape index (κ3) is 4.70. The van der Waals surface area contributed by atoms with E-state index in [0.29, 0.717) is 50.4 Å². The van der Waals surface area contributed by atoms with Gasteiger partial charge in [-0.3, -0.25) is 14.5 Å². The molecule has 3 heterocycles. The number of hydrogen-bond acceptors (Lipinski definition) is 5. The van der Waals surface area contributed by atoms with Crippen molar-refractivity contribution in [1.82, 2.24) is 25.8 Å². The maximum atomic E-state index is 12.4. The van der Waals surface area contributed by atoms with Crippen molar-refractivity contribution in [3.63, 3.8) is 0 Å². The molecule has 3 saturated heterocycles. The lowest BCUT2D eigenvalue weighted by molar-refractivity contribution is -0.135. The van der Waals surface area contributed by atoms with Gasteiger partial charge < -0.3 is 25.6 Å². The highest BCUT2D eigenvalue weighted by molar-refractivity contribution is 7.80. The van der Waals surface area contributed by atoms with Gasteiger partial charge in [-0.1, -0.05) is 0 Å². The average Bonchev–Trinajstić information content (AvgIpc) is 3.37. The second-order valence-corrected chi connectivity index (χ2v) is 8.38. The maximum absolute atomic E-state index is 12.4. The number of nitrogens with zero attached hydrogens (tertiary/aromatic N) is 2. The first kappa shape index (κ1) is 18.9. The van der Waals surface area contributed by atoms with E-state index < -0.39 is 0 Å². The average molecular weight is 396 g/mol. The van der Waals surface area contributed by atoms with Crippen molar-refractivity contribution in [3.05, 3.63) is 0 Å². The number of amides is 2. The van der Waals surface area contributed by atoms with E-state index in [1.165, 1.54) is 12.8 Å². The molecule has 27 heavy (non-hydrogen) atoms. The normalized spacial score (nSPS) is 31.2. The Morgan fingerprint density at radius 2 is 1.96 bits per heavy atom. The van der Waals surface area contributed by atoms with Crippen LogP contribution in [0.15, 0.2) is 0 Å². The van der Waals surface area contributed by atoms with Crippen molar-refractivity contribution >= 4 is 29.1 Å². The molecule has 3 aliphatic heterocycles. The topological polar surface area (TPSA) is 85.9 Å². The molecular formula is C18H29N5O3S. The quantitative estimate of drug-likeness (QED) is 0.525. The summed E-state index contributed by atoms with van der Waals surface area (Å²) in [5, 5.41) is 10.4. The molecule has 0 aromatic carbocycles. The zero-order valence-corrected chi connectivity index (χ0v) is 16.4. The van der Waals surface area contributed by atoms with Crippen molar-refractivity contribution in [1.29, 1.82) is 0 Å². The van der Waals surface area contributed by atoms with Crippen LogP contribution in [0.4, 0.5) is 0 Å². The van der Waals surface area contributed by atoms with Gasteiger partial charge >= 0.3 is 0 Å². The second kappa shape index (κ2) is 8.28. The van der Waals surface area contributed by atoms with Crippen LogP contribution < -0.4 is 16.0 Å². The summed E-state index contributed by atoms with van der Waals surface area (Å²) in [7, 11) is 0. The molecule has 1 aliphatic carbocycles. The molecule has 150 valence electrons. The van der Waals surface area contributed by atoms with Gasteiger partial charge in [0, 0.05) is 50.7 Å². The smallest absolute Gasteiger partial charge is 0.237 e. The number of ether oxygens (including phenoxy) is 1. The number of thiocarbonyl (C=S) groups is 1. The SMILES string of the molecule is O=C1NC[C@@H](CCC(=O)N2CCOCC2)N2C[C@@H](NC(=S)NC3CC3)C[C@@H]12. The minimum Gasteiger partial charge on any atom is -0.378 e. The second-order valence-electron chi connectivity index (χ2n) is 7.97. The standard InChI is InChI=1S/C18H29N5O3S/c24-16(22-5-7-26-8-6-22)4-3-14-10-19-17(25)15-9-13(11-23(14)15)21-18(27)20-12-1-2-12/h12-15H,1-11H2,(H,19,25)(H2,20,21,27)/t13-,14+,15-/m0/s1. The van der Waals surface area contributed by atoms with Gasteiger partial charge in [-0.25, -0.2) is 0 Å². The Balaban J connectivity index is 1.29. The number of piperazine rings is 1. The van der Waals surface area contributed by atoms with Crippen LogP contribution in [0.5, 0.6) is 0 Å². The van der Waals surface area contributed by atoms with Gasteiger partial charge in [0.1, 0.15) is 0 Å². The Labute approximate surface area is 165 Å². The predicted molar refractivity (Wildman–Crippen MR) is 104 cm³/mol. The number of nitrogens with one attached hydrogen (secondary N) is 3. The van der Waals surface area contributed by atoms with Crippen LogP contribution in [-0.2, 0) is 14.3 Å². The van der Waals surface area contributed by atoms with Crippen LogP contribution in [0.1, 0.15) is 32.1 Å². The van der Waals surface area contributed by atoms with Gasteiger partial charge in [-0.2, -0.15) is 0 Å². The number of morpholine rings is 1. The molecule has 0 aromatic heterocycles. The molecule has 0 unspecified atom stereocenters. The van der Waals surface area contributed by atoms with E-state index in [4.69, 9.17) is 17.0 Å². The van der Waals surface area contributed by atoms with Gasteiger partial charge in [-0.15, -0.1) is 0 Å². The summed E-state index contributed by atoms with van der Waals surface area (Å²) in [5.74, 6) is 0.284. The lowest BCUT2D eigenvalue weighted by Crippen LogP contribution is -2.58. The van der Waals surface area contributed by atoms with Crippen LogP contribution in [0.25, 0.3) is 0 Å². The molecule has 4 rings (SSSR count). The largest absolute Gasteiger partial charge is 0.378 e. The Morgan fingerprint density at radius 3 is 2.70 bits per heavy atom. The summed E-state index contributed by atoms with van der Waals surface area (Å²) in [5.41, 5.74) is 0. The van der Waals surface area contributed by atoms with Gasteiger partial charge in [0.2, 0.25) is 11.8 Å². The Hall–Kier alpha value is -1.45. The van der Waals surface area contributed by atoms with Crippen molar-refractivity contribution < 1.29 is 14.3 Å². The lowest BCUT2D eigenvalue weighted by atomic mass is 10.0. The van der Waals surface area contributed by atoms with Gasteiger partial charge in [0.05, 0.1) is 19.3 Å². The van der Waals surface area contributed by atoms with Crippen LogP contribution in [0, 0.1) is 0 Å². The molecule has 3 atom stereocenters. The number of fused-ring (bicyclic) bond motifs is 1. The third-order valence-corrected chi connectivity index (χ3v) is 6.16. The molecule has 3 N–H and O–H groups in total. The maximum Gasteiger partial charge on any atom is 0.237 e. The number of carbonyl (C=O) groups is 2. The summed E-state index contributed by atoms with van der Waals surface area (Å²) >= 11 is 5.39. The van der Waals surface area contributed by atoms with Crippen molar-refractivity contribution in [2.24, 2.45) is 0 Å². The van der Waals surface area contributed by atoms with Crippen LogP contribution >= 0.6 is 12.2 Å². The summed E-state index contributed by atoms with van der Waals surface area (Å²) in [6, 6.07) is 0.782. The molecule has 4 fully saturated rings. The minimum absolute atomic E-state index is 0.0936. The summed E-state index contributed by atoms with van der Waals surface area (Å²) in [6.45, 7) is 4.03. The molecule has 0 bridgehead atoms. The van der Waals surface area contributed by atoms with Crippen molar-refractivity contribution in [3.8, 4) is 0 Å². The van der Waals surface area contributed by atoms with E-state index in [1.54, 1.807) is 0 Å². The van der Waals surface area contributed by atoms with Gasteiger partial charge in [0.25, 0.3) is 0 Å². The number of hydrogen-bond donors (Lipinski definition) is 3. The van der Waals surface area contributed by atoms with Crippen molar-refractivity contribution in [2.75, 3.05) is 39.4 Å². The lowest BCUT2D eigenvalue weighted by Gasteiger charge is -2.37. The monoisotopic (exact) mass is 395 g/mol. The van der Waals surface area contributed by atoms with Crippen LogP contribution in [0.2, 0.25) is 0 Å². The molecule has 9 heteroatoms. The zero-order chi connectivity index (χ0) is 18.8. The first-order chi connectivity index (χ1) is 13.1. The molecule has 1 saturated carbocycles. The fourth-order valence-corrected chi connectivity index (χ4v) is 4.58. The van der Waals surface area contributed by atoms with Crippen LogP contribution in [0.3, 0.4) is 0 Å². The zero-order valence-electron chi connectivity index (χ0n) is 15.6.